The van der Waals surface area contributed by atoms with E-state index in [4.69, 9.17) is 0 Å². The second-order valence-electron chi connectivity index (χ2n) is 3.53. The molecule has 1 N–H and O–H groups in total. The Hall–Kier alpha value is -1.39. The monoisotopic (exact) mass is 246 g/mol. The summed E-state index contributed by atoms with van der Waals surface area (Å²) in [4.78, 5) is 2.46. The molecule has 0 saturated heterocycles. The lowest BCUT2D eigenvalue weighted by Crippen LogP contribution is -1.76. The smallest absolute Gasteiger partial charge is 0.106 e. The topological polar surface area (TPSA) is 28.7 Å². The summed E-state index contributed by atoms with van der Waals surface area (Å²) in [5.41, 5.74) is 3.43. The largest absolute Gasteiger partial charge is 0.276 e. The van der Waals surface area contributed by atoms with Gasteiger partial charge in [-0.25, -0.2) is 0 Å². The lowest BCUT2D eigenvalue weighted by atomic mass is 10.1. The zero-order chi connectivity index (χ0) is 11.0. The van der Waals surface area contributed by atoms with Crippen LogP contribution in [0.1, 0.15) is 5.56 Å². The molecule has 80 valence electrons. The number of H-pyrrole nitrogens is 1. The van der Waals surface area contributed by atoms with Crippen molar-refractivity contribution < 1.29 is 0 Å². The fourth-order valence-electron chi connectivity index (χ4n) is 1.71. The molecule has 0 aliphatic heterocycles. The highest BCUT2D eigenvalue weighted by atomic mass is 32.1. The third-order valence-corrected chi connectivity index (χ3v) is 4.30. The molecule has 0 radical (unpaired) electrons. The predicted octanol–water partition coefficient (Wildman–Crippen LogP) is 4.18. The number of thiophene rings is 2. The van der Waals surface area contributed by atoms with Crippen molar-refractivity contribution in [3.63, 3.8) is 0 Å². The van der Waals surface area contributed by atoms with E-state index in [0.717, 1.165) is 11.4 Å². The van der Waals surface area contributed by atoms with Gasteiger partial charge in [0.15, 0.2) is 0 Å². The molecule has 0 atom stereocenters. The van der Waals surface area contributed by atoms with E-state index in [2.05, 4.69) is 52.1 Å². The second kappa shape index (κ2) is 3.88. The molecule has 0 spiro atoms. The lowest BCUT2D eigenvalue weighted by Gasteiger charge is -1.95. The Morgan fingerprint density at radius 3 is 2.38 bits per heavy atom. The fraction of sp³-hybridized carbons (Fsp3) is 0.0833. The molecule has 3 heterocycles. The highest BCUT2D eigenvalue weighted by molar-refractivity contribution is 7.14. The van der Waals surface area contributed by atoms with Crippen molar-refractivity contribution >= 4 is 22.7 Å². The maximum Gasteiger partial charge on any atom is 0.106 e. The molecule has 0 bridgehead atoms. The van der Waals surface area contributed by atoms with E-state index in [9.17, 15) is 0 Å². The van der Waals surface area contributed by atoms with Gasteiger partial charge in [0.05, 0.1) is 15.4 Å². The molecule has 0 unspecified atom stereocenters. The summed E-state index contributed by atoms with van der Waals surface area (Å²) in [6.45, 7) is 2.12. The maximum absolute atomic E-state index is 4.41. The molecule has 16 heavy (non-hydrogen) atoms. The van der Waals surface area contributed by atoms with E-state index in [1.807, 2.05) is 0 Å². The van der Waals surface area contributed by atoms with Crippen LogP contribution in [0, 0.1) is 6.92 Å². The second-order valence-corrected chi connectivity index (χ2v) is 5.42. The number of nitrogens with one attached hydrogen (secondary N) is 1. The molecule has 0 fully saturated rings. The van der Waals surface area contributed by atoms with Gasteiger partial charge in [0.1, 0.15) is 5.69 Å². The Morgan fingerprint density at radius 1 is 1.06 bits per heavy atom. The summed E-state index contributed by atoms with van der Waals surface area (Å²) in [7, 11) is 0. The average molecular weight is 246 g/mol. The van der Waals surface area contributed by atoms with Crippen molar-refractivity contribution in [1.29, 1.82) is 0 Å². The van der Waals surface area contributed by atoms with Gasteiger partial charge < -0.3 is 0 Å². The van der Waals surface area contributed by atoms with E-state index in [-0.39, 0.29) is 0 Å². The number of hydrogen-bond acceptors (Lipinski definition) is 3. The lowest BCUT2D eigenvalue weighted by molar-refractivity contribution is 1.11. The van der Waals surface area contributed by atoms with E-state index >= 15 is 0 Å². The van der Waals surface area contributed by atoms with E-state index < -0.39 is 0 Å². The van der Waals surface area contributed by atoms with E-state index in [0.29, 0.717) is 0 Å². The van der Waals surface area contributed by atoms with Crippen LogP contribution in [0.4, 0.5) is 0 Å². The van der Waals surface area contributed by atoms with Crippen LogP contribution < -0.4 is 0 Å². The molecule has 0 aromatic carbocycles. The summed E-state index contributed by atoms with van der Waals surface area (Å²) in [5.74, 6) is 0. The van der Waals surface area contributed by atoms with Gasteiger partial charge in [0, 0.05) is 5.56 Å². The van der Waals surface area contributed by atoms with Crippen molar-refractivity contribution in [3.05, 3.63) is 40.6 Å². The summed E-state index contributed by atoms with van der Waals surface area (Å²) < 4.78 is 0. The molecule has 0 aliphatic rings. The van der Waals surface area contributed by atoms with Crippen molar-refractivity contribution in [2.45, 2.75) is 6.92 Å². The molecule has 3 rings (SSSR count). The van der Waals surface area contributed by atoms with Crippen molar-refractivity contribution in [1.82, 2.24) is 10.2 Å². The summed E-state index contributed by atoms with van der Waals surface area (Å²) in [6.07, 6.45) is 0. The standard InChI is InChI=1S/C12H10N2S2/c1-8-11(9-4-2-6-15-9)13-14-12(8)10-5-3-7-16-10/h2-7H,1H3,(H,13,14). The van der Waals surface area contributed by atoms with Crippen molar-refractivity contribution in [2.24, 2.45) is 0 Å². The minimum Gasteiger partial charge on any atom is -0.276 e. The molecular weight excluding hydrogens is 236 g/mol. The molecular formula is C12H10N2S2. The van der Waals surface area contributed by atoms with Gasteiger partial charge >= 0.3 is 0 Å². The Morgan fingerprint density at radius 2 is 1.75 bits per heavy atom. The van der Waals surface area contributed by atoms with Gasteiger partial charge in [-0.3, -0.25) is 5.10 Å². The maximum atomic E-state index is 4.41. The van der Waals surface area contributed by atoms with E-state index in [1.165, 1.54) is 15.3 Å². The Balaban J connectivity index is 2.12. The van der Waals surface area contributed by atoms with Crippen molar-refractivity contribution in [2.75, 3.05) is 0 Å². The first-order valence-corrected chi connectivity index (χ1v) is 6.75. The van der Waals surface area contributed by atoms with Crippen LogP contribution in [-0.2, 0) is 0 Å². The van der Waals surface area contributed by atoms with Crippen LogP contribution in [-0.4, -0.2) is 10.2 Å². The SMILES string of the molecule is Cc1c(-c2cccs2)n[nH]c1-c1cccs1. The minimum atomic E-state index is 1.07. The molecule has 0 amide bonds. The van der Waals surface area contributed by atoms with Crippen LogP contribution in [0.5, 0.6) is 0 Å². The quantitative estimate of drug-likeness (QED) is 0.722. The van der Waals surface area contributed by atoms with Gasteiger partial charge in [-0.2, -0.15) is 5.10 Å². The van der Waals surface area contributed by atoms with Gasteiger partial charge in [-0.1, -0.05) is 12.1 Å². The van der Waals surface area contributed by atoms with E-state index in [1.54, 1.807) is 22.7 Å². The Labute approximate surface area is 102 Å². The number of aromatic amines is 1. The molecule has 0 aliphatic carbocycles. The normalized spacial score (nSPS) is 10.8. The number of nitrogens with zero attached hydrogens (tertiary/aromatic N) is 1. The Bertz CT molecular complexity index is 525. The van der Waals surface area contributed by atoms with Gasteiger partial charge in [-0.15, -0.1) is 22.7 Å². The highest BCUT2D eigenvalue weighted by Crippen LogP contribution is 2.33. The molecule has 2 nitrogen and oxygen atoms in total. The predicted molar refractivity (Wildman–Crippen MR) is 70.0 cm³/mol. The number of aromatic nitrogens is 2. The van der Waals surface area contributed by atoms with Crippen molar-refractivity contribution in [3.8, 4) is 21.1 Å². The average Bonchev–Trinajstić information content (AvgIpc) is 2.96. The summed E-state index contributed by atoms with van der Waals surface area (Å²) >= 11 is 3.45. The Kier molecular flexibility index (Phi) is 2.38. The zero-order valence-electron chi connectivity index (χ0n) is 8.73. The first-order valence-electron chi connectivity index (χ1n) is 4.99. The molecule has 3 aromatic rings. The summed E-state index contributed by atoms with van der Waals surface area (Å²) in [5, 5.41) is 11.7. The van der Waals surface area contributed by atoms with Gasteiger partial charge in [0.2, 0.25) is 0 Å². The first-order chi connectivity index (χ1) is 7.86. The third-order valence-electron chi connectivity index (χ3n) is 2.53. The highest BCUT2D eigenvalue weighted by Gasteiger charge is 2.13. The number of hydrogen-bond donors (Lipinski definition) is 1. The van der Waals surface area contributed by atoms with Crippen LogP contribution in [0.3, 0.4) is 0 Å². The zero-order valence-corrected chi connectivity index (χ0v) is 10.4. The van der Waals surface area contributed by atoms with Crippen LogP contribution in [0.15, 0.2) is 35.0 Å². The van der Waals surface area contributed by atoms with Crippen LogP contribution in [0.25, 0.3) is 21.1 Å². The fourth-order valence-corrected chi connectivity index (χ4v) is 3.26. The van der Waals surface area contributed by atoms with Gasteiger partial charge in [0.25, 0.3) is 0 Å². The minimum absolute atomic E-state index is 1.07. The molecule has 4 heteroatoms. The van der Waals surface area contributed by atoms with Crippen LogP contribution >= 0.6 is 22.7 Å². The third kappa shape index (κ3) is 1.50. The molecule has 3 aromatic heterocycles. The number of rotatable bonds is 2. The van der Waals surface area contributed by atoms with Gasteiger partial charge in [-0.05, 0) is 29.8 Å². The molecule has 0 saturated carbocycles. The summed E-state index contributed by atoms with van der Waals surface area (Å²) in [6, 6.07) is 8.33. The first kappa shape index (κ1) is 9.81. The van der Waals surface area contributed by atoms with Crippen LogP contribution in [0.2, 0.25) is 0 Å².